The fraction of sp³-hybridized carbons (Fsp3) is 0.250. The highest BCUT2D eigenvalue weighted by atomic mass is 32.1. The zero-order chi connectivity index (χ0) is 13.5. The summed E-state index contributed by atoms with van der Waals surface area (Å²) in [6.07, 6.45) is 0. The lowest BCUT2D eigenvalue weighted by molar-refractivity contribution is 0.319. The van der Waals surface area contributed by atoms with Crippen molar-refractivity contribution in [2.24, 2.45) is 0 Å². The van der Waals surface area contributed by atoms with Gasteiger partial charge in [-0.05, 0) is 41.1 Å². The third-order valence-electron chi connectivity index (χ3n) is 2.79. The number of aliphatic hydroxyl groups is 1. The Bertz CT molecular complexity index is 566. The molecule has 0 aliphatic rings. The van der Waals surface area contributed by atoms with Crippen LogP contribution in [0.4, 0.5) is 0 Å². The molecule has 1 N–H and O–H groups in total. The van der Waals surface area contributed by atoms with Crippen LogP contribution in [0.5, 0.6) is 0 Å². The van der Waals surface area contributed by atoms with Crippen LogP contribution in [0.25, 0.3) is 0 Å². The molecule has 0 unspecified atom stereocenters. The number of rotatable bonds is 4. The summed E-state index contributed by atoms with van der Waals surface area (Å²) in [7, 11) is 2.11. The van der Waals surface area contributed by atoms with Crippen molar-refractivity contribution < 1.29 is 5.11 Å². The van der Waals surface area contributed by atoms with Gasteiger partial charge >= 0.3 is 0 Å². The molecule has 0 fully saturated rings. The third-order valence-corrected chi connectivity index (χ3v) is 3.52. The van der Waals surface area contributed by atoms with Crippen LogP contribution in [-0.4, -0.2) is 23.7 Å². The molecule has 0 aliphatic heterocycles. The second-order valence-electron chi connectivity index (χ2n) is 4.42. The molecule has 0 radical (unpaired) electrons. The van der Waals surface area contributed by atoms with Gasteiger partial charge in [-0.3, -0.25) is 4.90 Å². The lowest BCUT2D eigenvalue weighted by Crippen LogP contribution is -2.17. The van der Waals surface area contributed by atoms with Crippen molar-refractivity contribution in [1.29, 1.82) is 0 Å². The highest BCUT2D eigenvalue weighted by Crippen LogP contribution is 2.13. The van der Waals surface area contributed by atoms with E-state index < -0.39 is 0 Å². The van der Waals surface area contributed by atoms with Gasteiger partial charge in [0.05, 0.1) is 0 Å². The quantitative estimate of drug-likeness (QED) is 0.864. The van der Waals surface area contributed by atoms with Gasteiger partial charge in [0.2, 0.25) is 0 Å². The molecule has 2 aromatic rings. The first-order valence-electron chi connectivity index (χ1n) is 6.17. The molecule has 0 aliphatic carbocycles. The normalized spacial score (nSPS) is 10.3. The number of hydrogen-bond acceptors (Lipinski definition) is 3. The minimum atomic E-state index is -0.0981. The highest BCUT2D eigenvalue weighted by Gasteiger charge is 2.05. The maximum Gasteiger partial charge on any atom is 0.104 e. The molecule has 2 nitrogen and oxygen atoms in total. The smallest absolute Gasteiger partial charge is 0.104 e. The van der Waals surface area contributed by atoms with Gasteiger partial charge in [-0.15, -0.1) is 0 Å². The molecule has 2 rings (SSSR count). The summed E-state index contributed by atoms with van der Waals surface area (Å²) >= 11 is 1.73. The van der Waals surface area contributed by atoms with Crippen molar-refractivity contribution >= 4 is 11.3 Å². The second-order valence-corrected chi connectivity index (χ2v) is 5.20. The Balaban J connectivity index is 2.06. The summed E-state index contributed by atoms with van der Waals surface area (Å²) < 4.78 is 0. The Hall–Kier alpha value is -1.60. The van der Waals surface area contributed by atoms with E-state index in [1.54, 1.807) is 11.3 Å². The van der Waals surface area contributed by atoms with E-state index in [0.717, 1.165) is 18.7 Å². The Morgan fingerprint density at radius 1 is 1.21 bits per heavy atom. The maximum absolute atomic E-state index is 8.79. The molecule has 0 amide bonds. The van der Waals surface area contributed by atoms with Gasteiger partial charge in [-0.25, -0.2) is 0 Å². The van der Waals surface area contributed by atoms with E-state index in [0.29, 0.717) is 0 Å². The Labute approximate surface area is 118 Å². The van der Waals surface area contributed by atoms with E-state index in [4.69, 9.17) is 5.11 Å². The average Bonchev–Trinajstić information content (AvgIpc) is 2.90. The largest absolute Gasteiger partial charge is 0.384 e. The standard InChI is InChI=1S/C16H17NOS/c1-17(11-14-8-10-19-13-14)12-16-6-3-2-5-15(16)7-4-9-18/h2-3,5-6,8,10,13,18H,9,11-12H2,1H3. The van der Waals surface area contributed by atoms with E-state index in [-0.39, 0.29) is 6.61 Å². The van der Waals surface area contributed by atoms with Gasteiger partial charge in [-0.1, -0.05) is 30.0 Å². The minimum absolute atomic E-state index is 0.0981. The maximum atomic E-state index is 8.79. The number of hydrogen-bond donors (Lipinski definition) is 1. The molecular formula is C16H17NOS. The van der Waals surface area contributed by atoms with Gasteiger partial charge in [-0.2, -0.15) is 11.3 Å². The molecular weight excluding hydrogens is 254 g/mol. The van der Waals surface area contributed by atoms with E-state index in [9.17, 15) is 0 Å². The first-order valence-corrected chi connectivity index (χ1v) is 7.11. The highest BCUT2D eigenvalue weighted by molar-refractivity contribution is 7.07. The molecule has 0 spiro atoms. The molecule has 0 atom stereocenters. The summed E-state index contributed by atoms with van der Waals surface area (Å²) in [5, 5.41) is 13.1. The number of thiophene rings is 1. The van der Waals surface area contributed by atoms with Crippen molar-refractivity contribution in [3.63, 3.8) is 0 Å². The van der Waals surface area contributed by atoms with Crippen molar-refractivity contribution in [2.45, 2.75) is 13.1 Å². The average molecular weight is 271 g/mol. The van der Waals surface area contributed by atoms with Crippen molar-refractivity contribution in [2.75, 3.05) is 13.7 Å². The topological polar surface area (TPSA) is 23.5 Å². The van der Waals surface area contributed by atoms with Crippen LogP contribution in [-0.2, 0) is 13.1 Å². The first kappa shape index (κ1) is 13.8. The predicted molar refractivity (Wildman–Crippen MR) is 79.9 cm³/mol. The fourth-order valence-electron chi connectivity index (χ4n) is 1.96. The van der Waals surface area contributed by atoms with Crippen LogP contribution >= 0.6 is 11.3 Å². The molecule has 1 aromatic carbocycles. The predicted octanol–water partition coefficient (Wildman–Crippen LogP) is 2.72. The lowest BCUT2D eigenvalue weighted by atomic mass is 10.1. The van der Waals surface area contributed by atoms with Crippen molar-refractivity contribution in [1.82, 2.24) is 4.90 Å². The molecule has 1 heterocycles. The van der Waals surface area contributed by atoms with Gasteiger partial charge in [0.15, 0.2) is 0 Å². The second kappa shape index (κ2) is 7.10. The Morgan fingerprint density at radius 3 is 2.79 bits per heavy atom. The van der Waals surface area contributed by atoms with E-state index in [1.165, 1.54) is 11.1 Å². The number of benzene rings is 1. The molecule has 1 aromatic heterocycles. The van der Waals surface area contributed by atoms with E-state index in [2.05, 4.69) is 46.7 Å². The van der Waals surface area contributed by atoms with Crippen molar-refractivity contribution in [3.05, 3.63) is 57.8 Å². The van der Waals surface area contributed by atoms with Gasteiger partial charge in [0.1, 0.15) is 6.61 Å². The zero-order valence-corrected chi connectivity index (χ0v) is 11.8. The van der Waals surface area contributed by atoms with Gasteiger partial charge < -0.3 is 5.11 Å². The van der Waals surface area contributed by atoms with Crippen molar-refractivity contribution in [3.8, 4) is 11.8 Å². The third kappa shape index (κ3) is 4.22. The molecule has 0 saturated carbocycles. The monoisotopic (exact) mass is 271 g/mol. The summed E-state index contributed by atoms with van der Waals surface area (Å²) in [6, 6.07) is 10.2. The minimum Gasteiger partial charge on any atom is -0.384 e. The van der Waals surface area contributed by atoms with Crippen LogP contribution in [0, 0.1) is 11.8 Å². The fourth-order valence-corrected chi connectivity index (χ4v) is 2.62. The number of aliphatic hydroxyl groups excluding tert-OH is 1. The summed E-state index contributed by atoms with van der Waals surface area (Å²) in [5.74, 6) is 5.72. The summed E-state index contributed by atoms with van der Waals surface area (Å²) in [6.45, 7) is 1.69. The molecule has 3 heteroatoms. The first-order chi connectivity index (χ1) is 9.29. The van der Waals surface area contributed by atoms with E-state index in [1.807, 2.05) is 18.2 Å². The van der Waals surface area contributed by atoms with Gasteiger partial charge in [0, 0.05) is 18.7 Å². The molecule has 19 heavy (non-hydrogen) atoms. The Kier molecular flexibility index (Phi) is 5.17. The van der Waals surface area contributed by atoms with Crippen LogP contribution in [0.2, 0.25) is 0 Å². The molecule has 0 bridgehead atoms. The SMILES string of the molecule is CN(Cc1ccsc1)Cc1ccccc1C#CCO. The van der Waals surface area contributed by atoms with Crippen LogP contribution in [0.15, 0.2) is 41.1 Å². The molecule has 0 saturated heterocycles. The summed E-state index contributed by atoms with van der Waals surface area (Å²) in [4.78, 5) is 2.27. The zero-order valence-electron chi connectivity index (χ0n) is 11.0. The van der Waals surface area contributed by atoms with E-state index >= 15 is 0 Å². The molecule has 98 valence electrons. The van der Waals surface area contributed by atoms with Gasteiger partial charge in [0.25, 0.3) is 0 Å². The summed E-state index contributed by atoms with van der Waals surface area (Å²) in [5.41, 5.74) is 3.53. The lowest BCUT2D eigenvalue weighted by Gasteiger charge is -2.17. The van der Waals surface area contributed by atoms with Crippen LogP contribution in [0.1, 0.15) is 16.7 Å². The van der Waals surface area contributed by atoms with Crippen LogP contribution in [0.3, 0.4) is 0 Å². The Morgan fingerprint density at radius 2 is 2.05 bits per heavy atom. The van der Waals surface area contributed by atoms with Crippen LogP contribution < -0.4 is 0 Å². The number of nitrogens with zero attached hydrogens (tertiary/aromatic N) is 1.